The second kappa shape index (κ2) is 7.40. The molecular weight excluding hydrogens is 441 g/mol. The number of fused-ring (bicyclic) bond motifs is 5. The van der Waals surface area contributed by atoms with Crippen LogP contribution in [-0.4, -0.2) is 6.71 Å². The van der Waals surface area contributed by atoms with Gasteiger partial charge in [0.1, 0.15) is 17.1 Å². The van der Waals surface area contributed by atoms with E-state index in [-0.39, 0.29) is 36.4 Å². The van der Waals surface area contributed by atoms with E-state index in [0.717, 1.165) is 44.6 Å². The van der Waals surface area contributed by atoms with Crippen molar-refractivity contribution in [1.29, 1.82) is 0 Å². The van der Waals surface area contributed by atoms with Gasteiger partial charge in [0.25, 0.3) is 6.71 Å². The zero-order chi connectivity index (χ0) is 28.0. The Balaban J connectivity index is 1.50. The molecule has 1 aromatic heterocycles. The lowest BCUT2D eigenvalue weighted by molar-refractivity contribution is 0.487. The van der Waals surface area contributed by atoms with Gasteiger partial charge in [-0.15, -0.1) is 0 Å². The van der Waals surface area contributed by atoms with Crippen LogP contribution in [0.1, 0.15) is 6.85 Å². The SMILES string of the molecule is [2H]c1c([2H])c([2H])c(-c2ccc3occc3c2N2c3ccccc3B3c4ccccc4Oc4cccc2c43)c([2H])c1[2H]. The molecule has 2 aliphatic rings. The molecule has 0 radical (unpaired) electrons. The summed E-state index contributed by atoms with van der Waals surface area (Å²) in [5, 5.41) is 0.761. The highest BCUT2D eigenvalue weighted by Gasteiger charge is 2.42. The summed E-state index contributed by atoms with van der Waals surface area (Å²) in [6.07, 6.45) is 1.61. The summed E-state index contributed by atoms with van der Waals surface area (Å²) in [5.41, 5.74) is 6.94. The molecule has 2 aliphatic heterocycles. The number of hydrogen-bond acceptors (Lipinski definition) is 3. The molecule has 0 bridgehead atoms. The van der Waals surface area contributed by atoms with Gasteiger partial charge in [-0.2, -0.15) is 0 Å². The van der Waals surface area contributed by atoms with E-state index in [1.54, 1.807) is 18.4 Å². The molecule has 0 amide bonds. The van der Waals surface area contributed by atoms with Gasteiger partial charge in [-0.1, -0.05) is 72.7 Å². The second-order valence-corrected chi connectivity index (χ2v) is 8.95. The largest absolute Gasteiger partial charge is 0.464 e. The Morgan fingerprint density at radius 1 is 0.694 bits per heavy atom. The van der Waals surface area contributed by atoms with Crippen LogP contribution < -0.4 is 26.0 Å². The molecule has 0 unspecified atom stereocenters. The van der Waals surface area contributed by atoms with Crippen molar-refractivity contribution >= 4 is 51.1 Å². The van der Waals surface area contributed by atoms with Crippen molar-refractivity contribution < 1.29 is 16.0 Å². The molecule has 0 spiro atoms. The average Bonchev–Trinajstić information content (AvgIpc) is 3.48. The molecule has 168 valence electrons. The van der Waals surface area contributed by atoms with E-state index >= 15 is 0 Å². The number of furan rings is 1. The van der Waals surface area contributed by atoms with E-state index < -0.39 is 6.04 Å². The van der Waals surface area contributed by atoms with Gasteiger partial charge in [0.2, 0.25) is 0 Å². The molecule has 3 nitrogen and oxygen atoms in total. The van der Waals surface area contributed by atoms with E-state index in [2.05, 4.69) is 23.1 Å². The number of anilines is 3. The molecule has 0 fully saturated rings. The van der Waals surface area contributed by atoms with Crippen molar-refractivity contribution in [3.8, 4) is 22.6 Å². The van der Waals surface area contributed by atoms with Crippen molar-refractivity contribution in [2.45, 2.75) is 0 Å². The van der Waals surface area contributed by atoms with Gasteiger partial charge in [-0.3, -0.25) is 0 Å². The third kappa shape index (κ3) is 2.64. The molecule has 6 aromatic rings. The summed E-state index contributed by atoms with van der Waals surface area (Å²) >= 11 is 0. The summed E-state index contributed by atoms with van der Waals surface area (Å²) in [5.74, 6) is 1.58. The smallest absolute Gasteiger partial charge is 0.256 e. The van der Waals surface area contributed by atoms with E-state index in [1.165, 1.54) is 0 Å². The predicted octanol–water partition coefficient (Wildman–Crippen LogP) is 6.50. The highest BCUT2D eigenvalue weighted by Crippen LogP contribution is 2.47. The second-order valence-electron chi connectivity index (χ2n) is 8.95. The van der Waals surface area contributed by atoms with Crippen molar-refractivity contribution in [1.82, 2.24) is 0 Å². The maximum Gasteiger partial charge on any atom is 0.256 e. The van der Waals surface area contributed by atoms with E-state index in [0.29, 0.717) is 16.8 Å². The third-order valence-electron chi connectivity index (χ3n) is 7.11. The van der Waals surface area contributed by atoms with E-state index in [9.17, 15) is 0 Å². The van der Waals surface area contributed by atoms with Crippen molar-refractivity contribution in [3.63, 3.8) is 0 Å². The maximum atomic E-state index is 8.80. The molecule has 36 heavy (non-hydrogen) atoms. The number of rotatable bonds is 2. The van der Waals surface area contributed by atoms with Gasteiger partial charge in [-0.05, 0) is 64.4 Å². The summed E-state index contributed by atoms with van der Waals surface area (Å²) < 4.78 is 54.7. The van der Waals surface area contributed by atoms with Gasteiger partial charge in [0.15, 0.2) is 0 Å². The minimum absolute atomic E-state index is 0.0636. The highest BCUT2D eigenvalue weighted by atomic mass is 16.5. The van der Waals surface area contributed by atoms with Crippen molar-refractivity contribution in [2.75, 3.05) is 4.90 Å². The molecule has 0 saturated heterocycles. The average molecular weight is 466 g/mol. The molecule has 0 saturated carbocycles. The number of ether oxygens (including phenoxy) is 1. The van der Waals surface area contributed by atoms with Crippen LogP contribution in [-0.2, 0) is 0 Å². The minimum Gasteiger partial charge on any atom is -0.464 e. The Morgan fingerprint density at radius 2 is 1.47 bits per heavy atom. The molecular formula is C32H20BNO2. The van der Waals surface area contributed by atoms with Crippen LogP contribution in [0.4, 0.5) is 17.1 Å². The van der Waals surface area contributed by atoms with Crippen LogP contribution in [0, 0.1) is 0 Å². The first kappa shape index (κ1) is 15.3. The summed E-state index contributed by atoms with van der Waals surface area (Å²) in [4.78, 5) is 2.12. The van der Waals surface area contributed by atoms with Gasteiger partial charge in [0.05, 0.1) is 18.8 Å². The Kier molecular flexibility index (Phi) is 3.15. The van der Waals surface area contributed by atoms with Gasteiger partial charge in [-0.25, -0.2) is 0 Å². The number of hydrogen-bond donors (Lipinski definition) is 0. The zero-order valence-electron chi connectivity index (χ0n) is 24.0. The number of nitrogens with zero attached hydrogens (tertiary/aromatic N) is 1. The Bertz CT molecular complexity index is 2050. The summed E-state index contributed by atoms with van der Waals surface area (Å²) in [7, 11) is 0. The van der Waals surface area contributed by atoms with Crippen molar-refractivity contribution in [3.05, 3.63) is 121 Å². The van der Waals surface area contributed by atoms with Crippen LogP contribution in [0.25, 0.3) is 22.1 Å². The lowest BCUT2D eigenvalue weighted by atomic mass is 9.34. The molecule has 3 heterocycles. The van der Waals surface area contributed by atoms with Crippen LogP contribution >= 0.6 is 0 Å². The zero-order valence-corrected chi connectivity index (χ0v) is 19.0. The molecule has 0 atom stereocenters. The van der Waals surface area contributed by atoms with Crippen LogP contribution in [0.3, 0.4) is 0 Å². The lowest BCUT2D eigenvalue weighted by Gasteiger charge is -2.40. The monoisotopic (exact) mass is 466 g/mol. The van der Waals surface area contributed by atoms with Crippen LogP contribution in [0.2, 0.25) is 0 Å². The Hall–Kier alpha value is -4.70. The fourth-order valence-electron chi connectivity index (χ4n) is 5.68. The number of benzene rings is 5. The standard InChI is InChI=1S/C32H20BNO2/c1-2-9-21(10-3-1)22-17-18-28-23(19-20-35-28)32(22)34-26-13-6-4-11-24(26)33-25-12-5-7-15-29(25)36-30-16-8-14-27(34)31(30)33/h1-20H/i1D,2D,3D,9D,10D. The highest BCUT2D eigenvalue weighted by molar-refractivity contribution is 6.99. The van der Waals surface area contributed by atoms with Crippen LogP contribution in [0.5, 0.6) is 11.5 Å². The molecule has 0 aliphatic carbocycles. The quantitative estimate of drug-likeness (QED) is 0.272. The predicted molar refractivity (Wildman–Crippen MR) is 148 cm³/mol. The summed E-state index contributed by atoms with van der Waals surface area (Å²) in [6, 6.07) is 26.0. The minimum atomic E-state index is -0.422. The van der Waals surface area contributed by atoms with E-state index in [4.69, 9.17) is 16.0 Å². The Labute approximate surface area is 216 Å². The lowest BCUT2D eigenvalue weighted by Crippen LogP contribution is -2.59. The third-order valence-corrected chi connectivity index (χ3v) is 7.11. The maximum absolute atomic E-state index is 8.80. The first-order valence-corrected chi connectivity index (χ1v) is 11.8. The fraction of sp³-hybridized carbons (Fsp3) is 0. The summed E-state index contributed by atoms with van der Waals surface area (Å²) in [6.45, 7) is -0.0636. The number of para-hydroxylation sites is 2. The first-order valence-electron chi connectivity index (χ1n) is 14.3. The fourth-order valence-corrected chi connectivity index (χ4v) is 5.68. The topological polar surface area (TPSA) is 25.6 Å². The van der Waals surface area contributed by atoms with Gasteiger partial charge >= 0.3 is 0 Å². The molecule has 5 aromatic carbocycles. The molecule has 0 N–H and O–H groups in total. The Morgan fingerprint density at radius 3 is 2.39 bits per heavy atom. The molecule has 8 rings (SSSR count). The van der Waals surface area contributed by atoms with Gasteiger partial charge < -0.3 is 14.1 Å². The van der Waals surface area contributed by atoms with Crippen LogP contribution in [0.15, 0.2) is 126 Å². The first-order chi connectivity index (χ1) is 20.0. The van der Waals surface area contributed by atoms with Crippen molar-refractivity contribution in [2.24, 2.45) is 0 Å². The normalized spacial score (nSPS) is 15.1. The molecule has 4 heteroatoms. The van der Waals surface area contributed by atoms with Gasteiger partial charge in [0, 0.05) is 22.3 Å². The van der Waals surface area contributed by atoms with E-state index in [1.807, 2.05) is 54.6 Å².